The lowest BCUT2D eigenvalue weighted by Gasteiger charge is -2.22. The molecule has 96 valence electrons. The van der Waals surface area contributed by atoms with Gasteiger partial charge in [-0.3, -0.25) is 4.79 Å². The highest BCUT2D eigenvalue weighted by Crippen LogP contribution is 2.43. The van der Waals surface area contributed by atoms with Crippen molar-refractivity contribution in [3.63, 3.8) is 0 Å². The Morgan fingerprint density at radius 2 is 1.74 bits per heavy atom. The van der Waals surface area contributed by atoms with Crippen molar-refractivity contribution < 1.29 is 9.90 Å². The topological polar surface area (TPSA) is 40.5 Å². The van der Waals surface area contributed by atoms with Crippen LogP contribution in [0.25, 0.3) is 0 Å². The van der Waals surface area contributed by atoms with E-state index in [1.807, 2.05) is 18.2 Å². The number of fused-ring (bicyclic) bond motifs is 1. The van der Waals surface area contributed by atoms with E-state index in [9.17, 15) is 9.90 Å². The molecule has 3 rings (SSSR count). The number of nitrogens with zero attached hydrogens (tertiary/aromatic N) is 1. The smallest absolute Gasteiger partial charge is 0.268 e. The van der Waals surface area contributed by atoms with E-state index in [2.05, 4.69) is 0 Å². The van der Waals surface area contributed by atoms with Crippen LogP contribution < -0.4 is 4.90 Å². The van der Waals surface area contributed by atoms with Crippen LogP contribution in [0.15, 0.2) is 48.5 Å². The summed E-state index contributed by atoms with van der Waals surface area (Å²) in [4.78, 5) is 13.9. The van der Waals surface area contributed by atoms with Crippen molar-refractivity contribution >= 4 is 23.2 Å². The number of para-hydroxylation sites is 1. The zero-order valence-corrected chi connectivity index (χ0v) is 11.1. The average molecular weight is 274 g/mol. The fourth-order valence-electron chi connectivity index (χ4n) is 2.51. The van der Waals surface area contributed by atoms with Crippen LogP contribution in [0.5, 0.6) is 0 Å². The quantitative estimate of drug-likeness (QED) is 0.867. The van der Waals surface area contributed by atoms with E-state index in [4.69, 9.17) is 11.6 Å². The van der Waals surface area contributed by atoms with Gasteiger partial charge in [-0.05, 0) is 23.8 Å². The first kappa shape index (κ1) is 12.2. The molecule has 3 nitrogen and oxygen atoms in total. The Labute approximate surface area is 116 Å². The second-order valence-electron chi connectivity index (χ2n) is 4.60. The van der Waals surface area contributed by atoms with Gasteiger partial charge in [0.05, 0.1) is 5.69 Å². The minimum Gasteiger partial charge on any atom is -0.372 e. The molecule has 2 aromatic rings. The molecule has 4 heteroatoms. The van der Waals surface area contributed by atoms with Gasteiger partial charge >= 0.3 is 0 Å². The van der Waals surface area contributed by atoms with E-state index >= 15 is 0 Å². The average Bonchev–Trinajstić information content (AvgIpc) is 2.63. The van der Waals surface area contributed by atoms with Gasteiger partial charge in [0.15, 0.2) is 5.60 Å². The minimum atomic E-state index is -1.63. The zero-order valence-electron chi connectivity index (χ0n) is 10.3. The summed E-state index contributed by atoms with van der Waals surface area (Å²) in [7, 11) is 1.66. The third-order valence-corrected chi connectivity index (χ3v) is 3.78. The molecule has 0 saturated carbocycles. The van der Waals surface area contributed by atoms with E-state index in [-0.39, 0.29) is 5.91 Å². The maximum atomic E-state index is 12.4. The van der Waals surface area contributed by atoms with E-state index in [0.717, 1.165) is 5.69 Å². The molecule has 1 amide bonds. The molecule has 0 radical (unpaired) electrons. The van der Waals surface area contributed by atoms with Gasteiger partial charge in [-0.25, -0.2) is 0 Å². The van der Waals surface area contributed by atoms with E-state index in [1.165, 1.54) is 4.90 Å². The van der Waals surface area contributed by atoms with Gasteiger partial charge in [0.25, 0.3) is 5.91 Å². The lowest BCUT2D eigenvalue weighted by Crippen LogP contribution is -2.39. The maximum Gasteiger partial charge on any atom is 0.268 e. The molecule has 0 aliphatic carbocycles. The van der Waals surface area contributed by atoms with Crippen LogP contribution in [-0.2, 0) is 10.4 Å². The van der Waals surface area contributed by atoms with Crippen LogP contribution in [0.1, 0.15) is 11.1 Å². The van der Waals surface area contributed by atoms with Crippen molar-refractivity contribution in [3.05, 3.63) is 64.7 Å². The van der Waals surface area contributed by atoms with Crippen molar-refractivity contribution in [2.24, 2.45) is 0 Å². The number of amides is 1. The Bertz CT molecular complexity index is 653. The third kappa shape index (κ3) is 1.59. The van der Waals surface area contributed by atoms with Crippen LogP contribution in [0, 0.1) is 0 Å². The van der Waals surface area contributed by atoms with Crippen LogP contribution in [0.2, 0.25) is 5.02 Å². The number of halogens is 1. The minimum absolute atomic E-state index is 0.351. The van der Waals surface area contributed by atoms with Gasteiger partial charge in [-0.1, -0.05) is 41.9 Å². The van der Waals surface area contributed by atoms with Crippen LogP contribution in [-0.4, -0.2) is 18.1 Å². The summed E-state index contributed by atoms with van der Waals surface area (Å²) in [6.45, 7) is 0. The van der Waals surface area contributed by atoms with Crippen LogP contribution in [0.3, 0.4) is 0 Å². The molecule has 1 aliphatic rings. The number of anilines is 1. The zero-order chi connectivity index (χ0) is 13.6. The largest absolute Gasteiger partial charge is 0.372 e. The van der Waals surface area contributed by atoms with Gasteiger partial charge in [0, 0.05) is 17.6 Å². The Morgan fingerprint density at radius 1 is 1.11 bits per heavy atom. The highest BCUT2D eigenvalue weighted by Gasteiger charge is 2.49. The van der Waals surface area contributed by atoms with E-state index < -0.39 is 5.60 Å². The number of benzene rings is 2. The molecule has 0 bridgehead atoms. The summed E-state index contributed by atoms with van der Waals surface area (Å²) in [6, 6.07) is 13.9. The molecule has 2 aromatic carbocycles. The van der Waals surface area contributed by atoms with Crippen molar-refractivity contribution in [2.75, 3.05) is 11.9 Å². The van der Waals surface area contributed by atoms with Gasteiger partial charge in [0.1, 0.15) is 0 Å². The van der Waals surface area contributed by atoms with Gasteiger partial charge in [-0.2, -0.15) is 0 Å². The molecule has 0 spiro atoms. The molecule has 1 aliphatic heterocycles. The molecule has 1 unspecified atom stereocenters. The summed E-state index contributed by atoms with van der Waals surface area (Å²) in [5.41, 5.74) is 0.226. The number of carbonyl (C=O) groups excluding carboxylic acids is 1. The highest BCUT2D eigenvalue weighted by molar-refractivity contribution is 6.30. The van der Waals surface area contributed by atoms with Crippen molar-refractivity contribution in [1.29, 1.82) is 0 Å². The molecular formula is C15H12ClNO2. The van der Waals surface area contributed by atoms with Crippen LogP contribution >= 0.6 is 11.6 Å². The second kappa shape index (κ2) is 4.08. The first-order valence-corrected chi connectivity index (χ1v) is 6.29. The number of carbonyl (C=O) groups is 1. The molecule has 19 heavy (non-hydrogen) atoms. The summed E-state index contributed by atoms with van der Waals surface area (Å²) >= 11 is 5.85. The van der Waals surface area contributed by atoms with Gasteiger partial charge < -0.3 is 10.0 Å². The summed E-state index contributed by atoms with van der Waals surface area (Å²) in [6.07, 6.45) is 0. The first-order valence-electron chi connectivity index (χ1n) is 5.91. The molecule has 0 saturated heterocycles. The molecule has 0 fully saturated rings. The standard InChI is InChI=1S/C15H12ClNO2/c1-17-13-5-3-2-4-12(13)15(19,14(17)18)10-6-8-11(16)9-7-10/h2-9,19H,1H3. The number of rotatable bonds is 1. The molecular weight excluding hydrogens is 262 g/mol. The molecule has 1 N–H and O–H groups in total. The molecule has 1 atom stereocenters. The predicted molar refractivity (Wildman–Crippen MR) is 74.3 cm³/mol. The number of likely N-dealkylation sites (N-methyl/N-ethyl adjacent to an activating group) is 1. The lowest BCUT2D eigenvalue weighted by molar-refractivity contribution is -0.131. The van der Waals surface area contributed by atoms with Crippen molar-refractivity contribution in [3.8, 4) is 0 Å². The maximum absolute atomic E-state index is 12.4. The fourth-order valence-corrected chi connectivity index (χ4v) is 2.64. The van der Waals surface area contributed by atoms with Gasteiger partial charge in [0.2, 0.25) is 0 Å². The highest BCUT2D eigenvalue weighted by atomic mass is 35.5. The number of hydrogen-bond acceptors (Lipinski definition) is 2. The Morgan fingerprint density at radius 3 is 2.42 bits per heavy atom. The van der Waals surface area contributed by atoms with Gasteiger partial charge in [-0.15, -0.1) is 0 Å². The monoisotopic (exact) mass is 273 g/mol. The summed E-state index contributed by atoms with van der Waals surface area (Å²) in [5, 5.41) is 11.5. The van der Waals surface area contributed by atoms with E-state index in [0.29, 0.717) is 16.1 Å². The predicted octanol–water partition coefficient (Wildman–Crippen LogP) is 2.55. The number of hydrogen-bond donors (Lipinski definition) is 1. The van der Waals surface area contributed by atoms with Crippen molar-refractivity contribution in [1.82, 2.24) is 0 Å². The van der Waals surface area contributed by atoms with E-state index in [1.54, 1.807) is 37.4 Å². The Hall–Kier alpha value is -1.84. The van der Waals surface area contributed by atoms with Crippen molar-refractivity contribution in [2.45, 2.75) is 5.60 Å². The Kier molecular flexibility index (Phi) is 2.62. The summed E-state index contributed by atoms with van der Waals surface area (Å²) in [5.74, 6) is -0.351. The lowest BCUT2D eigenvalue weighted by atomic mass is 9.88. The number of aliphatic hydroxyl groups is 1. The molecule has 1 heterocycles. The Balaban J connectivity index is 2.24. The first-order chi connectivity index (χ1) is 9.05. The third-order valence-electron chi connectivity index (χ3n) is 3.53. The fraction of sp³-hybridized carbons (Fsp3) is 0.133. The summed E-state index contributed by atoms with van der Waals surface area (Å²) < 4.78 is 0. The molecule has 0 aromatic heterocycles. The normalized spacial score (nSPS) is 21.6. The SMILES string of the molecule is CN1C(=O)C(O)(c2ccc(Cl)cc2)c2ccccc21. The van der Waals surface area contributed by atoms with Crippen LogP contribution in [0.4, 0.5) is 5.69 Å². The second-order valence-corrected chi connectivity index (χ2v) is 5.04.